The van der Waals surface area contributed by atoms with E-state index in [1.807, 2.05) is 28.9 Å². The second kappa shape index (κ2) is 10.0. The van der Waals surface area contributed by atoms with Crippen molar-refractivity contribution in [3.8, 4) is 5.69 Å². The molecule has 7 heteroatoms. The normalized spacial score (nSPS) is 15.3. The molecule has 0 unspecified atom stereocenters. The Bertz CT molecular complexity index is 1840. The SMILES string of the molecule is Cc1cc(C)cc(NC2=Nc3ccccc3N3C2=Nc2c(c(C)nn2-c2ccccc2)[C@H]3c2ccc(N(C)C)cc2)c1. The van der Waals surface area contributed by atoms with Gasteiger partial charge in [0.2, 0.25) is 0 Å². The molecule has 0 spiro atoms. The maximum atomic E-state index is 5.35. The number of para-hydroxylation sites is 3. The van der Waals surface area contributed by atoms with Gasteiger partial charge in [0, 0.05) is 31.0 Å². The van der Waals surface area contributed by atoms with Gasteiger partial charge in [-0.25, -0.2) is 14.7 Å². The Labute approximate surface area is 246 Å². The van der Waals surface area contributed by atoms with Crippen molar-refractivity contribution >= 4 is 40.2 Å². The molecule has 0 aliphatic carbocycles. The van der Waals surface area contributed by atoms with Gasteiger partial charge >= 0.3 is 0 Å². The standard InChI is InChI=1S/C35H33N7/c1-22-19-23(2)21-26(20-22)36-33-35-38-34-31(24(3)39-42(34)28-11-7-6-8-12-28)32(25-15-17-27(18-16-25)40(4)5)41(35)30-14-10-9-13-29(30)37-33/h6-21,32H,1-5H3,(H,36,37)/t32-/m1/s1. The van der Waals surface area contributed by atoms with Crippen molar-refractivity contribution in [1.82, 2.24) is 9.78 Å². The quantitative estimate of drug-likeness (QED) is 0.249. The number of fused-ring (bicyclic) bond motifs is 4. The van der Waals surface area contributed by atoms with Crippen LogP contribution in [0.1, 0.15) is 34.0 Å². The van der Waals surface area contributed by atoms with Gasteiger partial charge in [0.1, 0.15) is 0 Å². The first-order valence-corrected chi connectivity index (χ1v) is 14.2. The maximum Gasteiger partial charge on any atom is 0.179 e. The van der Waals surface area contributed by atoms with Crippen LogP contribution in [0.15, 0.2) is 107 Å². The molecule has 0 fully saturated rings. The molecule has 208 valence electrons. The summed E-state index contributed by atoms with van der Waals surface area (Å²) < 4.78 is 1.96. The number of aryl methyl sites for hydroxylation is 3. The van der Waals surface area contributed by atoms with Crippen molar-refractivity contribution < 1.29 is 0 Å². The van der Waals surface area contributed by atoms with Gasteiger partial charge in [0.05, 0.1) is 28.8 Å². The third-order valence-corrected chi connectivity index (χ3v) is 7.85. The molecule has 5 aromatic rings. The fourth-order valence-electron chi connectivity index (χ4n) is 6.00. The Morgan fingerprint density at radius 1 is 0.762 bits per heavy atom. The lowest BCUT2D eigenvalue weighted by Gasteiger charge is -2.40. The number of rotatable bonds is 4. The van der Waals surface area contributed by atoms with Crippen LogP contribution in [-0.2, 0) is 0 Å². The molecule has 0 bridgehead atoms. The predicted octanol–water partition coefficient (Wildman–Crippen LogP) is 7.66. The molecule has 4 aromatic carbocycles. The Morgan fingerprint density at radius 3 is 2.17 bits per heavy atom. The van der Waals surface area contributed by atoms with E-state index in [4.69, 9.17) is 15.1 Å². The second-order valence-corrected chi connectivity index (χ2v) is 11.2. The number of anilines is 3. The first kappa shape index (κ1) is 25.8. The fourth-order valence-corrected chi connectivity index (χ4v) is 6.00. The van der Waals surface area contributed by atoms with Crippen LogP contribution < -0.4 is 15.1 Å². The molecule has 7 rings (SSSR count). The van der Waals surface area contributed by atoms with Gasteiger partial charge in [-0.3, -0.25) is 0 Å². The highest BCUT2D eigenvalue weighted by molar-refractivity contribution is 6.51. The van der Waals surface area contributed by atoms with E-state index < -0.39 is 0 Å². The smallest absolute Gasteiger partial charge is 0.179 e. The Morgan fingerprint density at radius 2 is 1.45 bits per heavy atom. The average Bonchev–Trinajstić information content (AvgIpc) is 3.32. The zero-order chi connectivity index (χ0) is 29.0. The number of hydrogen-bond acceptors (Lipinski definition) is 6. The summed E-state index contributed by atoms with van der Waals surface area (Å²) in [5, 5.41) is 8.68. The molecule has 2 aliphatic heterocycles. The lowest BCUT2D eigenvalue weighted by Crippen LogP contribution is -2.46. The zero-order valence-corrected chi connectivity index (χ0v) is 24.5. The van der Waals surface area contributed by atoms with Crippen molar-refractivity contribution in [2.75, 3.05) is 29.2 Å². The topological polar surface area (TPSA) is 61.1 Å². The van der Waals surface area contributed by atoms with E-state index in [9.17, 15) is 0 Å². The summed E-state index contributed by atoms with van der Waals surface area (Å²) in [5.41, 5.74) is 10.6. The van der Waals surface area contributed by atoms with Gasteiger partial charge in [0.25, 0.3) is 0 Å². The minimum absolute atomic E-state index is 0.158. The van der Waals surface area contributed by atoms with Crippen molar-refractivity contribution in [2.45, 2.75) is 26.8 Å². The van der Waals surface area contributed by atoms with Gasteiger partial charge in [-0.2, -0.15) is 5.10 Å². The number of nitrogens with zero attached hydrogens (tertiary/aromatic N) is 6. The number of aliphatic imine (C=N–C) groups is 2. The number of benzene rings is 4. The molecule has 0 saturated heterocycles. The highest BCUT2D eigenvalue weighted by Crippen LogP contribution is 2.48. The Hall–Kier alpha value is -5.17. The van der Waals surface area contributed by atoms with Crippen molar-refractivity contribution in [3.05, 3.63) is 125 Å². The third-order valence-electron chi connectivity index (χ3n) is 7.85. The lowest BCUT2D eigenvalue weighted by molar-refractivity contribution is 0.815. The summed E-state index contributed by atoms with van der Waals surface area (Å²) in [4.78, 5) is 14.9. The van der Waals surface area contributed by atoms with E-state index in [0.29, 0.717) is 5.84 Å². The molecule has 0 saturated carbocycles. The molecule has 1 atom stereocenters. The molecule has 42 heavy (non-hydrogen) atoms. The van der Waals surface area contributed by atoms with E-state index in [1.165, 1.54) is 11.1 Å². The van der Waals surface area contributed by atoms with E-state index in [1.54, 1.807) is 0 Å². The summed E-state index contributed by atoms with van der Waals surface area (Å²) in [6, 6.07) is 33.6. The van der Waals surface area contributed by atoms with Crippen molar-refractivity contribution in [3.63, 3.8) is 0 Å². The lowest BCUT2D eigenvalue weighted by atomic mass is 9.93. The van der Waals surface area contributed by atoms with Crippen molar-refractivity contribution in [1.29, 1.82) is 0 Å². The van der Waals surface area contributed by atoms with Gasteiger partial charge < -0.3 is 15.1 Å². The van der Waals surface area contributed by atoms with E-state index in [-0.39, 0.29) is 6.04 Å². The van der Waals surface area contributed by atoms with Gasteiger partial charge in [-0.1, -0.05) is 48.5 Å². The minimum Gasteiger partial charge on any atom is -0.378 e. The zero-order valence-electron chi connectivity index (χ0n) is 24.5. The highest BCUT2D eigenvalue weighted by atomic mass is 15.4. The molecule has 0 radical (unpaired) electrons. The maximum absolute atomic E-state index is 5.35. The monoisotopic (exact) mass is 551 g/mol. The highest BCUT2D eigenvalue weighted by Gasteiger charge is 2.41. The third kappa shape index (κ3) is 4.34. The molecule has 1 aromatic heterocycles. The summed E-state index contributed by atoms with van der Waals surface area (Å²) in [7, 11) is 4.13. The van der Waals surface area contributed by atoms with Crippen LogP contribution in [-0.4, -0.2) is 35.5 Å². The van der Waals surface area contributed by atoms with Crippen molar-refractivity contribution in [2.24, 2.45) is 9.98 Å². The van der Waals surface area contributed by atoms with E-state index >= 15 is 0 Å². The number of amidine groups is 2. The fraction of sp³-hybridized carbons (Fsp3) is 0.171. The molecule has 3 heterocycles. The Kier molecular flexibility index (Phi) is 6.16. The van der Waals surface area contributed by atoms with Gasteiger partial charge in [-0.05, 0) is 86.0 Å². The van der Waals surface area contributed by atoms with E-state index in [2.05, 4.69) is 123 Å². The first-order chi connectivity index (χ1) is 20.4. The van der Waals surface area contributed by atoms with Crippen LogP contribution in [0.25, 0.3) is 5.69 Å². The number of hydrogen-bond donors (Lipinski definition) is 1. The van der Waals surface area contributed by atoms with Crippen LogP contribution in [0.5, 0.6) is 0 Å². The molecular weight excluding hydrogens is 518 g/mol. The molecule has 2 aliphatic rings. The number of nitrogens with one attached hydrogen (secondary N) is 1. The van der Waals surface area contributed by atoms with Crippen LogP contribution in [0, 0.1) is 20.8 Å². The van der Waals surface area contributed by atoms with Crippen LogP contribution in [0.3, 0.4) is 0 Å². The average molecular weight is 552 g/mol. The van der Waals surface area contributed by atoms with E-state index in [0.717, 1.165) is 56.9 Å². The molecule has 7 nitrogen and oxygen atoms in total. The molecule has 1 N–H and O–H groups in total. The van der Waals surface area contributed by atoms with Crippen LogP contribution >= 0.6 is 0 Å². The van der Waals surface area contributed by atoms with Gasteiger partial charge in [0.15, 0.2) is 17.5 Å². The summed E-state index contributed by atoms with van der Waals surface area (Å²) in [6.45, 7) is 6.31. The summed E-state index contributed by atoms with van der Waals surface area (Å²) in [5.74, 6) is 2.29. The van der Waals surface area contributed by atoms with Gasteiger partial charge in [-0.15, -0.1) is 0 Å². The largest absolute Gasteiger partial charge is 0.378 e. The molecular formula is C35H33N7. The Balaban J connectivity index is 1.48. The number of aromatic nitrogens is 2. The first-order valence-electron chi connectivity index (χ1n) is 14.2. The second-order valence-electron chi connectivity index (χ2n) is 11.2. The predicted molar refractivity (Wildman–Crippen MR) is 174 cm³/mol. The molecule has 0 amide bonds. The van der Waals surface area contributed by atoms with Crippen LogP contribution in [0.2, 0.25) is 0 Å². The van der Waals surface area contributed by atoms with Crippen LogP contribution in [0.4, 0.5) is 28.6 Å². The summed E-state index contributed by atoms with van der Waals surface area (Å²) >= 11 is 0. The summed E-state index contributed by atoms with van der Waals surface area (Å²) in [6.07, 6.45) is 0. The minimum atomic E-state index is -0.158.